The summed E-state index contributed by atoms with van der Waals surface area (Å²) in [6.07, 6.45) is 3.68. The van der Waals surface area contributed by atoms with Gasteiger partial charge in [-0.05, 0) is 51.2 Å². The molecule has 1 aromatic heterocycles. The number of nitrogens with zero attached hydrogens (tertiary/aromatic N) is 2. The molecule has 0 fully saturated rings. The van der Waals surface area contributed by atoms with E-state index < -0.39 is 0 Å². The van der Waals surface area contributed by atoms with Crippen molar-refractivity contribution in [2.24, 2.45) is 4.99 Å². The second-order valence-electron chi connectivity index (χ2n) is 6.61. The molecule has 0 aliphatic heterocycles. The first-order valence-electron chi connectivity index (χ1n) is 9.20. The number of guanidine groups is 1. The molecule has 0 spiro atoms. The number of aliphatic imine (C=N–C) groups is 1. The molecule has 0 radical (unpaired) electrons. The lowest BCUT2D eigenvalue weighted by molar-refractivity contribution is 0.472. The van der Waals surface area contributed by atoms with Gasteiger partial charge in [0.15, 0.2) is 5.96 Å². The molecular weight excluding hydrogens is 312 g/mol. The fraction of sp³-hybridized carbons (Fsp3) is 0.500. The van der Waals surface area contributed by atoms with Crippen LogP contribution in [0.25, 0.3) is 0 Å². The van der Waals surface area contributed by atoms with Gasteiger partial charge < -0.3 is 15.1 Å². The molecule has 1 heterocycles. The van der Waals surface area contributed by atoms with Crippen molar-refractivity contribution in [2.75, 3.05) is 13.1 Å². The summed E-state index contributed by atoms with van der Waals surface area (Å²) in [4.78, 5) is 9.01. The van der Waals surface area contributed by atoms with E-state index in [1.165, 1.54) is 30.4 Å². The molecule has 0 saturated carbocycles. The van der Waals surface area contributed by atoms with Crippen LogP contribution in [0.4, 0.5) is 0 Å². The highest BCUT2D eigenvalue weighted by atomic mass is 16.4. The molecule has 25 heavy (non-hydrogen) atoms. The monoisotopic (exact) mass is 340 g/mol. The lowest BCUT2D eigenvalue weighted by Gasteiger charge is -2.26. The molecule has 5 nitrogen and oxygen atoms in total. The molecule has 1 aliphatic rings. The van der Waals surface area contributed by atoms with Crippen LogP contribution in [-0.4, -0.2) is 24.0 Å². The molecule has 0 amide bonds. The van der Waals surface area contributed by atoms with Gasteiger partial charge in [0.2, 0.25) is 5.89 Å². The van der Waals surface area contributed by atoms with E-state index in [9.17, 15) is 0 Å². The Labute approximate surface area is 150 Å². The third-order valence-corrected chi connectivity index (χ3v) is 4.80. The summed E-state index contributed by atoms with van der Waals surface area (Å²) in [6.45, 7) is 8.14. The number of aromatic nitrogens is 1. The fourth-order valence-corrected chi connectivity index (χ4v) is 3.38. The lowest BCUT2D eigenvalue weighted by Crippen LogP contribution is -2.39. The zero-order chi connectivity index (χ0) is 17.6. The molecule has 1 unspecified atom stereocenters. The number of rotatable bonds is 5. The van der Waals surface area contributed by atoms with Gasteiger partial charge >= 0.3 is 0 Å². The van der Waals surface area contributed by atoms with Crippen molar-refractivity contribution >= 4 is 5.96 Å². The van der Waals surface area contributed by atoms with Crippen LogP contribution in [0.1, 0.15) is 54.2 Å². The number of nitrogens with one attached hydrogen (secondary N) is 2. The average molecular weight is 340 g/mol. The first-order valence-corrected chi connectivity index (χ1v) is 9.20. The van der Waals surface area contributed by atoms with Crippen LogP contribution in [0.5, 0.6) is 0 Å². The van der Waals surface area contributed by atoms with Gasteiger partial charge in [0.25, 0.3) is 0 Å². The van der Waals surface area contributed by atoms with E-state index in [-0.39, 0.29) is 0 Å². The maximum Gasteiger partial charge on any atom is 0.216 e. The van der Waals surface area contributed by atoms with Crippen molar-refractivity contribution in [3.8, 4) is 0 Å². The molecule has 3 rings (SSSR count). The van der Waals surface area contributed by atoms with Crippen LogP contribution in [0.2, 0.25) is 0 Å². The summed E-state index contributed by atoms with van der Waals surface area (Å²) in [5.41, 5.74) is 3.91. The SMILES string of the molecule is CCNC(=NCc1nc(C)c(C)o1)NCC1CCCc2ccccc21. The van der Waals surface area contributed by atoms with Crippen molar-refractivity contribution in [2.45, 2.75) is 52.5 Å². The van der Waals surface area contributed by atoms with Crippen LogP contribution in [0.15, 0.2) is 33.7 Å². The van der Waals surface area contributed by atoms with Gasteiger partial charge in [-0.15, -0.1) is 0 Å². The van der Waals surface area contributed by atoms with E-state index in [2.05, 4.69) is 51.8 Å². The zero-order valence-corrected chi connectivity index (χ0v) is 15.4. The predicted octanol–water partition coefficient (Wildman–Crippen LogP) is 3.47. The number of benzene rings is 1. The Balaban J connectivity index is 1.63. The van der Waals surface area contributed by atoms with Gasteiger partial charge in [-0.1, -0.05) is 24.3 Å². The van der Waals surface area contributed by atoms with E-state index in [4.69, 9.17) is 4.42 Å². The maximum atomic E-state index is 5.61. The summed E-state index contributed by atoms with van der Waals surface area (Å²) < 4.78 is 5.61. The van der Waals surface area contributed by atoms with E-state index in [1.54, 1.807) is 0 Å². The molecule has 134 valence electrons. The van der Waals surface area contributed by atoms with E-state index in [1.807, 2.05) is 13.8 Å². The van der Waals surface area contributed by atoms with E-state index in [0.717, 1.165) is 30.5 Å². The highest BCUT2D eigenvalue weighted by molar-refractivity contribution is 5.79. The summed E-state index contributed by atoms with van der Waals surface area (Å²) in [5.74, 6) is 2.89. The Hall–Kier alpha value is -2.30. The normalized spacial score (nSPS) is 17.2. The molecular formula is C20H28N4O. The smallest absolute Gasteiger partial charge is 0.216 e. The highest BCUT2D eigenvalue weighted by Gasteiger charge is 2.19. The van der Waals surface area contributed by atoms with Gasteiger partial charge in [-0.3, -0.25) is 0 Å². The Morgan fingerprint density at radius 2 is 2.12 bits per heavy atom. The quantitative estimate of drug-likeness (QED) is 0.646. The molecule has 0 saturated heterocycles. The molecule has 1 aliphatic carbocycles. The maximum absolute atomic E-state index is 5.61. The molecule has 0 bridgehead atoms. The molecule has 1 atom stereocenters. The number of fused-ring (bicyclic) bond motifs is 1. The second-order valence-corrected chi connectivity index (χ2v) is 6.61. The van der Waals surface area contributed by atoms with Crippen LogP contribution in [-0.2, 0) is 13.0 Å². The standard InChI is InChI=1S/C20H28N4O/c1-4-21-20(23-13-19-24-14(2)15(3)25-19)22-12-17-10-7-9-16-8-5-6-11-18(16)17/h5-6,8,11,17H,4,7,9-10,12-13H2,1-3H3,(H2,21,22,23). The number of oxazole rings is 1. The lowest BCUT2D eigenvalue weighted by atomic mass is 9.83. The zero-order valence-electron chi connectivity index (χ0n) is 15.4. The van der Waals surface area contributed by atoms with Gasteiger partial charge in [-0.25, -0.2) is 9.98 Å². The third-order valence-electron chi connectivity index (χ3n) is 4.80. The molecule has 2 N–H and O–H groups in total. The minimum atomic E-state index is 0.450. The van der Waals surface area contributed by atoms with Crippen LogP contribution in [0.3, 0.4) is 0 Å². The van der Waals surface area contributed by atoms with Crippen LogP contribution < -0.4 is 10.6 Å². The Morgan fingerprint density at radius 3 is 2.88 bits per heavy atom. The third kappa shape index (κ3) is 4.41. The molecule has 2 aromatic rings. The van der Waals surface area contributed by atoms with Crippen molar-refractivity contribution < 1.29 is 4.42 Å². The highest BCUT2D eigenvalue weighted by Crippen LogP contribution is 2.30. The van der Waals surface area contributed by atoms with Crippen molar-refractivity contribution in [1.82, 2.24) is 15.6 Å². The van der Waals surface area contributed by atoms with E-state index >= 15 is 0 Å². The van der Waals surface area contributed by atoms with Crippen LogP contribution >= 0.6 is 0 Å². The summed E-state index contributed by atoms with van der Waals surface area (Å²) >= 11 is 0. The summed E-state index contributed by atoms with van der Waals surface area (Å²) in [6, 6.07) is 8.81. The van der Waals surface area contributed by atoms with Crippen LogP contribution in [0, 0.1) is 13.8 Å². The Bertz CT molecular complexity index is 716. The van der Waals surface area contributed by atoms with Gasteiger partial charge in [-0.2, -0.15) is 0 Å². The minimum absolute atomic E-state index is 0.450. The van der Waals surface area contributed by atoms with Crippen molar-refractivity contribution in [3.63, 3.8) is 0 Å². The summed E-state index contributed by atoms with van der Waals surface area (Å²) in [5, 5.41) is 6.80. The van der Waals surface area contributed by atoms with Gasteiger partial charge in [0.1, 0.15) is 12.3 Å². The first-order chi connectivity index (χ1) is 12.2. The second kappa shape index (κ2) is 8.19. The number of hydrogen-bond donors (Lipinski definition) is 2. The van der Waals surface area contributed by atoms with Crippen molar-refractivity contribution in [1.29, 1.82) is 0 Å². The van der Waals surface area contributed by atoms with Gasteiger partial charge in [0, 0.05) is 19.0 Å². The fourth-order valence-electron chi connectivity index (χ4n) is 3.38. The van der Waals surface area contributed by atoms with Crippen molar-refractivity contribution in [3.05, 3.63) is 52.7 Å². The Kier molecular flexibility index (Phi) is 5.74. The Morgan fingerprint density at radius 1 is 1.28 bits per heavy atom. The summed E-state index contributed by atoms with van der Waals surface area (Å²) in [7, 11) is 0. The average Bonchev–Trinajstić information content (AvgIpc) is 2.95. The van der Waals surface area contributed by atoms with E-state index in [0.29, 0.717) is 18.4 Å². The number of aryl methyl sites for hydroxylation is 3. The minimum Gasteiger partial charge on any atom is -0.444 e. The predicted molar refractivity (Wildman–Crippen MR) is 101 cm³/mol. The molecule has 5 heteroatoms. The topological polar surface area (TPSA) is 62.5 Å². The van der Waals surface area contributed by atoms with Gasteiger partial charge in [0.05, 0.1) is 5.69 Å². The molecule has 1 aromatic carbocycles. The number of hydrogen-bond acceptors (Lipinski definition) is 3. The largest absolute Gasteiger partial charge is 0.444 e. The first kappa shape index (κ1) is 17.5.